The summed E-state index contributed by atoms with van der Waals surface area (Å²) < 4.78 is 4.64. The molecule has 19 heavy (non-hydrogen) atoms. The standard InChI is InChI=1S/C11H10Cl2N2O4/c12-7-2-1-6(8(13)4-7)3-10(17)19-5-9(16)15-11(14)18/h1-2,4H,3,5H2,(H3,14,15,16,18). The number of esters is 1. The molecule has 0 radical (unpaired) electrons. The van der Waals surface area contributed by atoms with Crippen molar-refractivity contribution in [3.8, 4) is 0 Å². The van der Waals surface area contributed by atoms with Crippen LogP contribution in [0.25, 0.3) is 0 Å². The number of halogens is 2. The molecule has 0 aliphatic heterocycles. The Bertz CT molecular complexity index is 519. The number of carbonyl (C=O) groups excluding carboxylic acids is 3. The van der Waals surface area contributed by atoms with Gasteiger partial charge in [-0.05, 0) is 17.7 Å². The maximum atomic E-state index is 11.4. The second-order valence-electron chi connectivity index (χ2n) is 3.49. The lowest BCUT2D eigenvalue weighted by atomic mass is 10.1. The number of benzene rings is 1. The van der Waals surface area contributed by atoms with Crippen LogP contribution in [0.3, 0.4) is 0 Å². The summed E-state index contributed by atoms with van der Waals surface area (Å²) in [5.74, 6) is -1.47. The Balaban J connectivity index is 2.47. The highest BCUT2D eigenvalue weighted by molar-refractivity contribution is 6.35. The zero-order valence-corrected chi connectivity index (χ0v) is 11.1. The van der Waals surface area contributed by atoms with Crippen molar-refractivity contribution in [3.05, 3.63) is 33.8 Å². The Morgan fingerprint density at radius 1 is 1.26 bits per heavy atom. The van der Waals surface area contributed by atoms with Crippen LogP contribution < -0.4 is 11.1 Å². The molecule has 0 saturated heterocycles. The molecule has 0 aromatic heterocycles. The fourth-order valence-corrected chi connectivity index (χ4v) is 1.67. The molecule has 0 bridgehead atoms. The van der Waals surface area contributed by atoms with Crippen LogP contribution in [0.2, 0.25) is 10.0 Å². The minimum absolute atomic E-state index is 0.111. The van der Waals surface area contributed by atoms with Gasteiger partial charge in [0.15, 0.2) is 6.61 Å². The van der Waals surface area contributed by atoms with Crippen molar-refractivity contribution in [2.24, 2.45) is 5.73 Å². The number of imide groups is 1. The minimum atomic E-state index is -1.01. The van der Waals surface area contributed by atoms with Gasteiger partial charge in [0.25, 0.3) is 5.91 Å². The van der Waals surface area contributed by atoms with E-state index in [2.05, 4.69) is 4.74 Å². The number of primary amides is 1. The van der Waals surface area contributed by atoms with E-state index >= 15 is 0 Å². The van der Waals surface area contributed by atoms with Crippen LogP contribution in [-0.2, 0) is 20.7 Å². The first kappa shape index (κ1) is 15.3. The van der Waals surface area contributed by atoms with Gasteiger partial charge < -0.3 is 10.5 Å². The smallest absolute Gasteiger partial charge is 0.318 e. The van der Waals surface area contributed by atoms with Crippen molar-refractivity contribution in [1.29, 1.82) is 0 Å². The quantitative estimate of drug-likeness (QED) is 0.818. The van der Waals surface area contributed by atoms with E-state index in [9.17, 15) is 14.4 Å². The lowest BCUT2D eigenvalue weighted by Crippen LogP contribution is -2.37. The number of urea groups is 1. The Kier molecular flexibility index (Phi) is 5.59. The third-order valence-electron chi connectivity index (χ3n) is 1.98. The molecular formula is C11H10Cl2N2O4. The molecule has 0 heterocycles. The average molecular weight is 305 g/mol. The van der Waals surface area contributed by atoms with Crippen LogP contribution >= 0.6 is 23.2 Å². The maximum absolute atomic E-state index is 11.4. The summed E-state index contributed by atoms with van der Waals surface area (Å²) in [4.78, 5) is 32.8. The van der Waals surface area contributed by atoms with E-state index in [0.29, 0.717) is 15.6 Å². The SMILES string of the molecule is NC(=O)NC(=O)COC(=O)Cc1ccc(Cl)cc1Cl. The fourth-order valence-electron chi connectivity index (χ4n) is 1.19. The van der Waals surface area contributed by atoms with Gasteiger partial charge in [0.2, 0.25) is 0 Å². The number of ether oxygens (including phenoxy) is 1. The number of hydrogen-bond donors (Lipinski definition) is 2. The topological polar surface area (TPSA) is 98.5 Å². The van der Waals surface area contributed by atoms with E-state index in [0.717, 1.165) is 0 Å². The molecule has 0 unspecified atom stereocenters. The normalized spacial score (nSPS) is 9.79. The van der Waals surface area contributed by atoms with Gasteiger partial charge in [0.1, 0.15) is 0 Å². The monoisotopic (exact) mass is 304 g/mol. The van der Waals surface area contributed by atoms with E-state index in [1.165, 1.54) is 6.07 Å². The van der Waals surface area contributed by atoms with Crippen LogP contribution in [0.15, 0.2) is 18.2 Å². The van der Waals surface area contributed by atoms with Gasteiger partial charge in [-0.15, -0.1) is 0 Å². The highest BCUT2D eigenvalue weighted by Crippen LogP contribution is 2.21. The number of amides is 3. The van der Waals surface area contributed by atoms with Crippen molar-refractivity contribution >= 4 is 41.1 Å². The Morgan fingerprint density at radius 3 is 2.53 bits per heavy atom. The lowest BCUT2D eigenvalue weighted by Gasteiger charge is -2.06. The first-order valence-corrected chi connectivity index (χ1v) is 5.83. The molecule has 0 aliphatic rings. The summed E-state index contributed by atoms with van der Waals surface area (Å²) in [5.41, 5.74) is 5.24. The summed E-state index contributed by atoms with van der Waals surface area (Å²) in [5, 5.41) is 2.53. The molecule has 6 nitrogen and oxygen atoms in total. The van der Waals surface area contributed by atoms with Crippen LogP contribution in [0.1, 0.15) is 5.56 Å². The Labute approximate surface area is 118 Å². The minimum Gasteiger partial charge on any atom is -0.455 e. The van der Waals surface area contributed by atoms with Crippen molar-refractivity contribution < 1.29 is 19.1 Å². The average Bonchev–Trinajstić information content (AvgIpc) is 2.29. The molecule has 1 aromatic carbocycles. The first-order chi connectivity index (χ1) is 8.88. The predicted molar refractivity (Wildman–Crippen MR) is 68.9 cm³/mol. The van der Waals surface area contributed by atoms with E-state index in [-0.39, 0.29) is 6.42 Å². The highest BCUT2D eigenvalue weighted by Gasteiger charge is 2.11. The van der Waals surface area contributed by atoms with Gasteiger partial charge >= 0.3 is 12.0 Å². The number of nitrogens with one attached hydrogen (secondary N) is 1. The van der Waals surface area contributed by atoms with Crippen LogP contribution in [0, 0.1) is 0 Å². The van der Waals surface area contributed by atoms with Crippen molar-refractivity contribution in [2.45, 2.75) is 6.42 Å². The van der Waals surface area contributed by atoms with Crippen molar-refractivity contribution in [1.82, 2.24) is 5.32 Å². The molecule has 3 amide bonds. The molecule has 0 saturated carbocycles. The molecule has 1 rings (SSSR count). The number of carbonyl (C=O) groups is 3. The van der Waals surface area contributed by atoms with Crippen LogP contribution in [0.4, 0.5) is 4.79 Å². The molecule has 102 valence electrons. The third-order valence-corrected chi connectivity index (χ3v) is 2.56. The molecule has 0 aliphatic carbocycles. The van der Waals surface area contributed by atoms with E-state index < -0.39 is 24.5 Å². The predicted octanol–water partition coefficient (Wildman–Crippen LogP) is 1.27. The summed E-state index contributed by atoms with van der Waals surface area (Å²) in [6, 6.07) is 3.64. The molecular weight excluding hydrogens is 295 g/mol. The Hall–Kier alpha value is -1.79. The molecule has 3 N–H and O–H groups in total. The van der Waals surface area contributed by atoms with Crippen LogP contribution in [-0.4, -0.2) is 24.5 Å². The van der Waals surface area contributed by atoms with Crippen molar-refractivity contribution in [3.63, 3.8) is 0 Å². The highest BCUT2D eigenvalue weighted by atomic mass is 35.5. The lowest BCUT2D eigenvalue weighted by molar-refractivity contribution is -0.147. The largest absolute Gasteiger partial charge is 0.455 e. The fraction of sp³-hybridized carbons (Fsp3) is 0.182. The van der Waals surface area contributed by atoms with Gasteiger partial charge in [-0.25, -0.2) is 4.79 Å². The number of nitrogens with two attached hydrogens (primary N) is 1. The molecule has 0 spiro atoms. The molecule has 0 fully saturated rings. The second kappa shape index (κ2) is 6.96. The van der Waals surface area contributed by atoms with Gasteiger partial charge in [-0.1, -0.05) is 29.3 Å². The van der Waals surface area contributed by atoms with Gasteiger partial charge in [0, 0.05) is 10.0 Å². The Morgan fingerprint density at radius 2 is 1.95 bits per heavy atom. The van der Waals surface area contributed by atoms with E-state index in [1.54, 1.807) is 17.4 Å². The summed E-state index contributed by atoms with van der Waals surface area (Å²) in [6.07, 6.45) is -0.111. The zero-order chi connectivity index (χ0) is 14.4. The second-order valence-corrected chi connectivity index (χ2v) is 4.33. The molecule has 0 atom stereocenters. The van der Waals surface area contributed by atoms with E-state index in [4.69, 9.17) is 28.9 Å². The van der Waals surface area contributed by atoms with Crippen LogP contribution in [0.5, 0.6) is 0 Å². The third kappa shape index (κ3) is 5.58. The van der Waals surface area contributed by atoms with Gasteiger partial charge in [-0.2, -0.15) is 0 Å². The molecule has 8 heteroatoms. The summed E-state index contributed by atoms with van der Waals surface area (Å²) in [7, 11) is 0. The first-order valence-electron chi connectivity index (χ1n) is 5.07. The summed E-state index contributed by atoms with van der Waals surface area (Å²) in [6.45, 7) is -0.590. The van der Waals surface area contributed by atoms with Gasteiger partial charge in [-0.3, -0.25) is 14.9 Å². The van der Waals surface area contributed by atoms with Crippen molar-refractivity contribution in [2.75, 3.05) is 6.61 Å². The number of rotatable bonds is 4. The number of hydrogen-bond acceptors (Lipinski definition) is 4. The maximum Gasteiger partial charge on any atom is 0.318 e. The zero-order valence-electron chi connectivity index (χ0n) is 9.61. The molecule has 1 aromatic rings. The van der Waals surface area contributed by atoms with E-state index in [1.807, 2.05) is 0 Å². The summed E-state index contributed by atoms with van der Waals surface area (Å²) >= 11 is 11.6. The van der Waals surface area contributed by atoms with Gasteiger partial charge in [0.05, 0.1) is 6.42 Å².